The Bertz CT molecular complexity index is 925. The number of carboxylic acids is 1. The van der Waals surface area contributed by atoms with E-state index >= 15 is 0 Å². The van der Waals surface area contributed by atoms with Crippen LogP contribution < -0.4 is 5.56 Å². The lowest BCUT2D eigenvalue weighted by molar-refractivity contribution is 0.0697. The number of aromatic amines is 1. The molecule has 1 aromatic heterocycles. The monoisotopic (exact) mass is 331 g/mol. The number of carboxylic acid groups (broad SMARTS) is 1. The molecule has 8 heteroatoms. The summed E-state index contributed by atoms with van der Waals surface area (Å²) in [5.74, 6) is -1.29. The number of benzene rings is 1. The molecule has 1 fully saturated rings. The third-order valence-corrected chi connectivity index (χ3v) is 3.80. The highest BCUT2D eigenvalue weighted by atomic mass is 32.1. The van der Waals surface area contributed by atoms with Gasteiger partial charge in [-0.1, -0.05) is 6.07 Å². The van der Waals surface area contributed by atoms with Gasteiger partial charge in [0.15, 0.2) is 4.77 Å². The van der Waals surface area contributed by atoms with Crippen LogP contribution in [0.5, 0.6) is 5.88 Å². The van der Waals surface area contributed by atoms with E-state index in [1.54, 1.807) is 12.1 Å². The molecule has 1 heterocycles. The summed E-state index contributed by atoms with van der Waals surface area (Å²) in [6.45, 7) is 0. The zero-order valence-corrected chi connectivity index (χ0v) is 12.7. The number of hydrogen-bond donors (Lipinski definition) is 3. The topological polar surface area (TPSA) is 108 Å². The zero-order chi connectivity index (χ0) is 16.6. The van der Waals surface area contributed by atoms with E-state index in [0.717, 1.165) is 12.8 Å². The molecule has 0 amide bonds. The molecule has 0 radical (unpaired) electrons. The van der Waals surface area contributed by atoms with Gasteiger partial charge in [-0.25, -0.2) is 4.79 Å². The molecule has 23 heavy (non-hydrogen) atoms. The molecule has 0 unspecified atom stereocenters. The second kappa shape index (κ2) is 5.81. The van der Waals surface area contributed by atoms with Gasteiger partial charge in [0.05, 0.1) is 11.3 Å². The van der Waals surface area contributed by atoms with Crippen LogP contribution >= 0.6 is 12.2 Å². The zero-order valence-electron chi connectivity index (χ0n) is 11.9. The molecular formula is C15H13N3O4S. The summed E-state index contributed by atoms with van der Waals surface area (Å²) in [5, 5.41) is 19.2. The van der Waals surface area contributed by atoms with Crippen LogP contribution in [0.1, 0.15) is 34.8 Å². The second-order valence-corrected chi connectivity index (χ2v) is 5.60. The number of nitrogens with zero attached hydrogens (tertiary/aromatic N) is 2. The molecule has 0 aliphatic heterocycles. The van der Waals surface area contributed by atoms with Gasteiger partial charge in [-0.3, -0.25) is 19.3 Å². The fourth-order valence-corrected chi connectivity index (χ4v) is 2.53. The summed E-state index contributed by atoms with van der Waals surface area (Å²) in [6.07, 6.45) is 3.00. The fraction of sp³-hybridized carbons (Fsp3) is 0.200. The fourth-order valence-electron chi connectivity index (χ4n) is 2.20. The van der Waals surface area contributed by atoms with E-state index in [2.05, 4.69) is 9.98 Å². The van der Waals surface area contributed by atoms with Crippen molar-refractivity contribution in [2.24, 2.45) is 4.99 Å². The van der Waals surface area contributed by atoms with Crippen molar-refractivity contribution in [3.8, 4) is 5.88 Å². The summed E-state index contributed by atoms with van der Waals surface area (Å²) in [7, 11) is 0. The lowest BCUT2D eigenvalue weighted by Gasteiger charge is -2.09. The molecule has 1 aromatic carbocycles. The quantitative estimate of drug-likeness (QED) is 0.589. The Morgan fingerprint density at radius 3 is 2.83 bits per heavy atom. The molecule has 118 valence electrons. The van der Waals surface area contributed by atoms with Gasteiger partial charge < -0.3 is 10.2 Å². The van der Waals surface area contributed by atoms with Gasteiger partial charge in [-0.15, -0.1) is 0 Å². The molecule has 3 rings (SSSR count). The Morgan fingerprint density at radius 2 is 2.17 bits per heavy atom. The Labute approximate surface area is 135 Å². The minimum absolute atomic E-state index is 0.00812. The predicted octanol–water partition coefficient (Wildman–Crippen LogP) is 2.40. The van der Waals surface area contributed by atoms with E-state index in [1.807, 2.05) is 0 Å². The van der Waals surface area contributed by atoms with Crippen LogP contribution in [-0.4, -0.2) is 31.9 Å². The first kappa shape index (κ1) is 15.2. The van der Waals surface area contributed by atoms with E-state index in [4.69, 9.17) is 17.3 Å². The molecule has 1 aliphatic rings. The molecular weight excluding hydrogens is 318 g/mol. The van der Waals surface area contributed by atoms with Crippen molar-refractivity contribution in [3.63, 3.8) is 0 Å². The third-order valence-electron chi connectivity index (χ3n) is 3.50. The van der Waals surface area contributed by atoms with E-state index in [9.17, 15) is 14.7 Å². The van der Waals surface area contributed by atoms with Gasteiger partial charge in [0, 0.05) is 12.3 Å². The summed E-state index contributed by atoms with van der Waals surface area (Å²) < 4.78 is 1.69. The molecule has 0 bridgehead atoms. The van der Waals surface area contributed by atoms with E-state index in [1.165, 1.54) is 22.9 Å². The van der Waals surface area contributed by atoms with Crippen molar-refractivity contribution in [1.29, 1.82) is 0 Å². The number of nitrogens with one attached hydrogen (secondary N) is 1. The molecule has 1 saturated carbocycles. The van der Waals surface area contributed by atoms with Gasteiger partial charge in [0.1, 0.15) is 5.56 Å². The van der Waals surface area contributed by atoms with Gasteiger partial charge in [0.2, 0.25) is 5.88 Å². The molecule has 0 saturated heterocycles. The Balaban J connectivity index is 2.01. The first-order chi connectivity index (χ1) is 11.0. The Hall–Kier alpha value is -2.74. The molecule has 0 spiro atoms. The first-order valence-corrected chi connectivity index (χ1v) is 7.33. The number of hydrogen-bond acceptors (Lipinski definition) is 5. The standard InChI is InChI=1S/C15H13N3O4S/c19-12-11(13(20)18(10-4-5-10)15(23)17-12)7-16-9-3-1-2-8(6-9)14(21)22/h1-3,6-7,10,20H,4-5H2,(H,21,22)(H,17,19,23). The van der Waals surface area contributed by atoms with Crippen molar-refractivity contribution in [2.75, 3.05) is 0 Å². The van der Waals surface area contributed by atoms with Crippen molar-refractivity contribution >= 4 is 30.1 Å². The largest absolute Gasteiger partial charge is 0.494 e. The van der Waals surface area contributed by atoms with Crippen LogP contribution in [0.2, 0.25) is 0 Å². The molecule has 0 atom stereocenters. The smallest absolute Gasteiger partial charge is 0.335 e. The highest BCUT2D eigenvalue weighted by molar-refractivity contribution is 7.71. The Morgan fingerprint density at radius 1 is 1.43 bits per heavy atom. The minimum atomic E-state index is -1.07. The van der Waals surface area contributed by atoms with Crippen LogP contribution in [0.15, 0.2) is 34.1 Å². The van der Waals surface area contributed by atoms with Gasteiger partial charge in [-0.05, 0) is 43.3 Å². The number of aromatic nitrogens is 2. The van der Waals surface area contributed by atoms with Gasteiger partial charge >= 0.3 is 5.97 Å². The summed E-state index contributed by atoms with van der Waals surface area (Å²) in [4.78, 5) is 29.5. The van der Waals surface area contributed by atoms with Crippen molar-refractivity contribution in [2.45, 2.75) is 18.9 Å². The van der Waals surface area contributed by atoms with Gasteiger partial charge in [-0.2, -0.15) is 0 Å². The predicted molar refractivity (Wildman–Crippen MR) is 86.5 cm³/mol. The average Bonchev–Trinajstić information content (AvgIpc) is 3.31. The summed E-state index contributed by atoms with van der Waals surface area (Å²) >= 11 is 5.06. The first-order valence-electron chi connectivity index (χ1n) is 6.92. The van der Waals surface area contributed by atoms with E-state index < -0.39 is 11.5 Å². The number of H-pyrrole nitrogens is 1. The highest BCUT2D eigenvalue weighted by Crippen LogP contribution is 2.37. The average molecular weight is 331 g/mol. The van der Waals surface area contributed by atoms with E-state index in [-0.39, 0.29) is 27.8 Å². The lowest BCUT2D eigenvalue weighted by atomic mass is 10.2. The minimum Gasteiger partial charge on any atom is -0.494 e. The molecule has 3 N–H and O–H groups in total. The van der Waals surface area contributed by atoms with Crippen molar-refractivity contribution in [1.82, 2.24) is 9.55 Å². The maximum atomic E-state index is 12.0. The van der Waals surface area contributed by atoms with Crippen molar-refractivity contribution < 1.29 is 15.0 Å². The highest BCUT2D eigenvalue weighted by Gasteiger charge is 2.27. The maximum absolute atomic E-state index is 12.0. The normalized spacial score (nSPS) is 14.3. The lowest BCUT2D eigenvalue weighted by Crippen LogP contribution is -2.18. The number of carbonyl (C=O) groups is 1. The van der Waals surface area contributed by atoms with Crippen LogP contribution in [0.4, 0.5) is 5.69 Å². The summed E-state index contributed by atoms with van der Waals surface area (Å²) in [6, 6.07) is 6.07. The number of aromatic hydroxyl groups is 1. The number of rotatable bonds is 4. The maximum Gasteiger partial charge on any atom is 0.335 e. The van der Waals surface area contributed by atoms with Crippen LogP contribution in [-0.2, 0) is 0 Å². The van der Waals surface area contributed by atoms with E-state index in [0.29, 0.717) is 5.69 Å². The second-order valence-electron chi connectivity index (χ2n) is 5.21. The van der Waals surface area contributed by atoms with Gasteiger partial charge in [0.25, 0.3) is 5.56 Å². The number of aromatic carboxylic acids is 1. The van der Waals surface area contributed by atoms with Crippen LogP contribution in [0.3, 0.4) is 0 Å². The van der Waals surface area contributed by atoms with Crippen molar-refractivity contribution in [3.05, 3.63) is 50.5 Å². The third kappa shape index (κ3) is 3.07. The van der Waals surface area contributed by atoms with Crippen LogP contribution in [0.25, 0.3) is 0 Å². The Kier molecular flexibility index (Phi) is 3.83. The molecule has 7 nitrogen and oxygen atoms in total. The SMILES string of the molecule is O=C(O)c1cccc(N=Cc2c(O)n(C3CC3)c(=S)[nH]c2=O)c1. The van der Waals surface area contributed by atoms with Crippen LogP contribution in [0, 0.1) is 4.77 Å². The summed E-state index contributed by atoms with van der Waals surface area (Å²) in [5.41, 5.74) is -0.0929. The number of aliphatic imine (C=N–C) groups is 1. The molecule has 2 aromatic rings. The molecule has 1 aliphatic carbocycles.